The molecule has 0 amide bonds. The number of benzene rings is 1. The van der Waals surface area contributed by atoms with Gasteiger partial charge in [0.15, 0.2) is 0 Å². The third kappa shape index (κ3) is 4.15. The van der Waals surface area contributed by atoms with Crippen LogP contribution in [0.3, 0.4) is 0 Å². The first-order valence-electron chi connectivity index (χ1n) is 6.00. The van der Waals surface area contributed by atoms with Gasteiger partial charge in [-0.05, 0) is 44.3 Å². The van der Waals surface area contributed by atoms with Crippen LogP contribution in [0.2, 0.25) is 0 Å². The zero-order chi connectivity index (χ0) is 14.5. The SMILES string of the molecule is CNCCCN(C)S(=O)(=O)N(C)c1ccc(F)cc1. The predicted molar refractivity (Wildman–Crippen MR) is 74.9 cm³/mol. The summed E-state index contributed by atoms with van der Waals surface area (Å²) in [7, 11) is 1.24. The summed E-state index contributed by atoms with van der Waals surface area (Å²) in [5, 5.41) is 2.96. The normalized spacial score (nSPS) is 11.8. The van der Waals surface area contributed by atoms with Crippen molar-refractivity contribution >= 4 is 15.9 Å². The molecule has 0 aromatic heterocycles. The Balaban J connectivity index is 2.78. The molecule has 0 saturated carbocycles. The lowest BCUT2D eigenvalue weighted by molar-refractivity contribution is 0.457. The Bertz CT molecular complexity index is 490. The highest BCUT2D eigenvalue weighted by molar-refractivity contribution is 7.90. The first-order valence-corrected chi connectivity index (χ1v) is 7.39. The molecule has 108 valence electrons. The lowest BCUT2D eigenvalue weighted by atomic mass is 10.3. The maximum Gasteiger partial charge on any atom is 0.303 e. The Morgan fingerprint density at radius 2 is 1.79 bits per heavy atom. The van der Waals surface area contributed by atoms with E-state index in [9.17, 15) is 12.8 Å². The van der Waals surface area contributed by atoms with Gasteiger partial charge in [-0.3, -0.25) is 4.31 Å². The predicted octanol–water partition coefficient (Wildman–Crippen LogP) is 1.05. The maximum absolute atomic E-state index is 12.8. The van der Waals surface area contributed by atoms with Crippen LogP contribution in [-0.4, -0.2) is 47.0 Å². The monoisotopic (exact) mass is 289 g/mol. The van der Waals surface area contributed by atoms with Crippen molar-refractivity contribution in [1.82, 2.24) is 9.62 Å². The second kappa shape index (κ2) is 6.83. The largest absolute Gasteiger partial charge is 0.320 e. The molecule has 0 spiro atoms. The molecule has 0 aliphatic heterocycles. The summed E-state index contributed by atoms with van der Waals surface area (Å²) in [6.07, 6.45) is 0.726. The molecule has 0 radical (unpaired) electrons. The van der Waals surface area contributed by atoms with Crippen molar-refractivity contribution in [2.45, 2.75) is 6.42 Å². The van der Waals surface area contributed by atoms with E-state index in [1.807, 2.05) is 7.05 Å². The Labute approximate surface area is 114 Å². The molecule has 1 aromatic rings. The lowest BCUT2D eigenvalue weighted by Gasteiger charge is -2.25. The topological polar surface area (TPSA) is 52.7 Å². The van der Waals surface area contributed by atoms with E-state index in [1.54, 1.807) is 0 Å². The molecule has 0 aliphatic carbocycles. The van der Waals surface area contributed by atoms with Gasteiger partial charge in [-0.15, -0.1) is 0 Å². The van der Waals surface area contributed by atoms with E-state index in [4.69, 9.17) is 0 Å². The molecule has 0 aliphatic rings. The second-order valence-corrected chi connectivity index (χ2v) is 6.30. The molecular weight excluding hydrogens is 269 g/mol. The van der Waals surface area contributed by atoms with E-state index in [0.717, 1.165) is 17.3 Å². The molecule has 0 unspecified atom stereocenters. The molecule has 1 aromatic carbocycles. The van der Waals surface area contributed by atoms with Crippen LogP contribution in [0, 0.1) is 5.82 Å². The summed E-state index contributed by atoms with van der Waals surface area (Å²) in [6, 6.07) is 5.35. The van der Waals surface area contributed by atoms with E-state index in [-0.39, 0.29) is 0 Å². The average Bonchev–Trinajstić information content (AvgIpc) is 2.39. The number of rotatable bonds is 7. The molecule has 0 atom stereocenters. The first-order chi connectivity index (χ1) is 8.89. The van der Waals surface area contributed by atoms with Crippen LogP contribution < -0.4 is 9.62 Å². The van der Waals surface area contributed by atoms with Crippen LogP contribution in [0.15, 0.2) is 24.3 Å². The van der Waals surface area contributed by atoms with Gasteiger partial charge in [-0.25, -0.2) is 4.39 Å². The van der Waals surface area contributed by atoms with Gasteiger partial charge in [0.1, 0.15) is 5.82 Å². The number of nitrogens with zero attached hydrogens (tertiary/aromatic N) is 2. The lowest BCUT2D eigenvalue weighted by Crippen LogP contribution is -2.40. The fraction of sp³-hybridized carbons (Fsp3) is 0.500. The van der Waals surface area contributed by atoms with Gasteiger partial charge in [-0.2, -0.15) is 12.7 Å². The highest BCUT2D eigenvalue weighted by Gasteiger charge is 2.23. The van der Waals surface area contributed by atoms with Crippen LogP contribution in [0.1, 0.15) is 6.42 Å². The second-order valence-electron chi connectivity index (χ2n) is 4.23. The maximum atomic E-state index is 12.8. The van der Waals surface area contributed by atoms with Crippen LogP contribution in [0.5, 0.6) is 0 Å². The zero-order valence-electron chi connectivity index (χ0n) is 11.4. The summed E-state index contributed by atoms with van der Waals surface area (Å²) in [5.74, 6) is -0.392. The summed E-state index contributed by atoms with van der Waals surface area (Å²) in [4.78, 5) is 0. The van der Waals surface area contributed by atoms with Crippen molar-refractivity contribution in [3.63, 3.8) is 0 Å². The third-order valence-corrected chi connectivity index (χ3v) is 4.70. The minimum Gasteiger partial charge on any atom is -0.320 e. The first kappa shape index (κ1) is 15.9. The number of hydrogen-bond acceptors (Lipinski definition) is 3. The van der Waals surface area contributed by atoms with Gasteiger partial charge in [0.05, 0.1) is 5.69 Å². The number of hydrogen-bond donors (Lipinski definition) is 1. The molecule has 0 bridgehead atoms. The number of nitrogens with one attached hydrogen (secondary N) is 1. The van der Waals surface area contributed by atoms with E-state index in [1.165, 1.54) is 42.7 Å². The average molecular weight is 289 g/mol. The third-order valence-electron chi connectivity index (χ3n) is 2.83. The van der Waals surface area contributed by atoms with Crippen LogP contribution >= 0.6 is 0 Å². The van der Waals surface area contributed by atoms with Crippen molar-refractivity contribution in [2.24, 2.45) is 0 Å². The van der Waals surface area contributed by atoms with E-state index in [2.05, 4.69) is 5.32 Å². The molecule has 0 fully saturated rings. The van der Waals surface area contributed by atoms with Crippen LogP contribution in [-0.2, 0) is 10.2 Å². The van der Waals surface area contributed by atoms with Gasteiger partial charge in [0, 0.05) is 20.6 Å². The van der Waals surface area contributed by atoms with Gasteiger partial charge < -0.3 is 5.32 Å². The summed E-state index contributed by atoms with van der Waals surface area (Å²) in [6.45, 7) is 1.18. The quantitative estimate of drug-likeness (QED) is 0.763. The fourth-order valence-corrected chi connectivity index (χ4v) is 2.75. The van der Waals surface area contributed by atoms with Crippen molar-refractivity contribution in [3.8, 4) is 0 Å². The molecule has 7 heteroatoms. The standard InChI is InChI=1S/C12H20FN3O2S/c1-14-9-4-10-15(2)19(17,18)16(3)12-7-5-11(13)6-8-12/h5-8,14H,4,9-10H2,1-3H3. The molecular formula is C12H20FN3O2S. The van der Waals surface area contributed by atoms with Crippen molar-refractivity contribution < 1.29 is 12.8 Å². The Morgan fingerprint density at radius 3 is 2.32 bits per heavy atom. The zero-order valence-corrected chi connectivity index (χ0v) is 12.2. The summed E-state index contributed by atoms with van der Waals surface area (Å²) in [5.41, 5.74) is 0.432. The number of anilines is 1. The highest BCUT2D eigenvalue weighted by atomic mass is 32.2. The van der Waals surface area contributed by atoms with Gasteiger partial charge >= 0.3 is 10.2 Å². The smallest absolute Gasteiger partial charge is 0.303 e. The minimum atomic E-state index is -3.57. The van der Waals surface area contributed by atoms with Crippen molar-refractivity contribution in [3.05, 3.63) is 30.1 Å². The molecule has 5 nitrogen and oxygen atoms in total. The van der Waals surface area contributed by atoms with Gasteiger partial charge in [0.2, 0.25) is 0 Å². The van der Waals surface area contributed by atoms with Gasteiger partial charge in [-0.1, -0.05) is 0 Å². The van der Waals surface area contributed by atoms with Crippen LogP contribution in [0.4, 0.5) is 10.1 Å². The summed E-state index contributed by atoms with van der Waals surface area (Å²) >= 11 is 0. The Kier molecular flexibility index (Phi) is 5.71. The van der Waals surface area contributed by atoms with Crippen molar-refractivity contribution in [1.29, 1.82) is 0 Å². The summed E-state index contributed by atoms with van der Waals surface area (Å²) < 4.78 is 39.8. The Hall–Kier alpha value is -1.18. The molecule has 0 saturated heterocycles. The van der Waals surface area contributed by atoms with E-state index < -0.39 is 16.0 Å². The van der Waals surface area contributed by atoms with E-state index in [0.29, 0.717) is 12.2 Å². The number of halogens is 1. The van der Waals surface area contributed by atoms with Crippen molar-refractivity contribution in [2.75, 3.05) is 38.5 Å². The van der Waals surface area contributed by atoms with E-state index >= 15 is 0 Å². The Morgan fingerprint density at radius 1 is 1.21 bits per heavy atom. The van der Waals surface area contributed by atoms with Gasteiger partial charge in [0.25, 0.3) is 0 Å². The fourth-order valence-electron chi connectivity index (χ4n) is 1.59. The molecule has 19 heavy (non-hydrogen) atoms. The van der Waals surface area contributed by atoms with Crippen LogP contribution in [0.25, 0.3) is 0 Å². The molecule has 1 N–H and O–H groups in total. The highest BCUT2D eigenvalue weighted by Crippen LogP contribution is 2.18. The minimum absolute atomic E-state index is 0.392. The molecule has 1 rings (SSSR count). The molecule has 0 heterocycles.